The van der Waals surface area contributed by atoms with E-state index in [1.54, 1.807) is 19.3 Å². The van der Waals surface area contributed by atoms with Crippen molar-refractivity contribution >= 4 is 11.4 Å². The Morgan fingerprint density at radius 2 is 2.07 bits per heavy atom. The van der Waals surface area contributed by atoms with Crippen LogP contribution < -0.4 is 9.47 Å². The van der Waals surface area contributed by atoms with Gasteiger partial charge in [0, 0.05) is 12.4 Å². The minimum atomic E-state index is -0.775. The summed E-state index contributed by atoms with van der Waals surface area (Å²) in [5, 5.41) is 9.51. The number of pyridine rings is 1. The first-order valence-corrected chi connectivity index (χ1v) is 8.81. The van der Waals surface area contributed by atoms with E-state index in [2.05, 4.69) is 11.1 Å². The fourth-order valence-electron chi connectivity index (χ4n) is 3.44. The smallest absolute Gasteiger partial charge is 0.231 e. The maximum absolute atomic E-state index is 12.7. The van der Waals surface area contributed by atoms with Gasteiger partial charge in [0.15, 0.2) is 17.3 Å². The van der Waals surface area contributed by atoms with Gasteiger partial charge in [-0.15, -0.1) is 0 Å². The molecule has 134 valence electrons. The molecule has 0 spiro atoms. The number of carbonyl (C=O) groups excluding carboxylic acids is 1. The average Bonchev–Trinajstić information content (AvgIpc) is 3.17. The molecule has 1 aromatic heterocycles. The van der Waals surface area contributed by atoms with Crippen LogP contribution in [0.15, 0.2) is 59.9 Å². The second-order valence-corrected chi connectivity index (χ2v) is 6.61. The number of aromatic nitrogens is 1. The lowest BCUT2D eigenvalue weighted by molar-refractivity contribution is -0.116. The number of allylic oxidation sites excluding steroid dienone is 4. The number of Topliss-reactive ketones (excluding diaryl/α,β-unsaturated/α-hetero) is 1. The third-order valence-corrected chi connectivity index (χ3v) is 5.00. The van der Waals surface area contributed by atoms with Crippen molar-refractivity contribution in [1.82, 2.24) is 4.98 Å². The Kier molecular flexibility index (Phi) is 4.47. The zero-order valence-corrected chi connectivity index (χ0v) is 14.9. The summed E-state index contributed by atoms with van der Waals surface area (Å²) < 4.78 is 10.8. The van der Waals surface area contributed by atoms with E-state index in [1.165, 1.54) is 0 Å². The first-order chi connectivity index (χ1) is 13.2. The predicted octanol–water partition coefficient (Wildman–Crippen LogP) is 3.87. The topological polar surface area (TPSA) is 72.2 Å². The van der Waals surface area contributed by atoms with Gasteiger partial charge in [-0.1, -0.05) is 18.2 Å². The Bertz CT molecular complexity index is 1000. The van der Waals surface area contributed by atoms with Gasteiger partial charge in [0.2, 0.25) is 6.79 Å². The summed E-state index contributed by atoms with van der Waals surface area (Å²) in [5.41, 5.74) is 4.27. The molecule has 27 heavy (non-hydrogen) atoms. The number of aryl methyl sites for hydroxylation is 1. The fraction of sp³-hybridized carbons (Fsp3) is 0.227. The molecular weight excluding hydrogens is 340 g/mol. The molecule has 1 aromatic carbocycles. The van der Waals surface area contributed by atoms with Crippen LogP contribution >= 0.6 is 0 Å². The van der Waals surface area contributed by atoms with Gasteiger partial charge >= 0.3 is 0 Å². The molecule has 1 atom stereocenters. The van der Waals surface area contributed by atoms with E-state index in [0.717, 1.165) is 40.2 Å². The molecule has 1 aliphatic heterocycles. The summed E-state index contributed by atoms with van der Waals surface area (Å²) >= 11 is 0. The maximum Gasteiger partial charge on any atom is 0.231 e. The standard InChI is InChI=1S/C22H18N2O3/c1-14-16(6-4-15-5-7-20-21(9-15)27-13-26-20)10-18(19(11-23)22(14)25)17-3-2-8-24-12-17/h2-3,5,7-10,12,19H,4,6,13H2,1H3. The van der Waals surface area contributed by atoms with Gasteiger partial charge in [-0.25, -0.2) is 0 Å². The molecule has 0 radical (unpaired) electrons. The number of benzene rings is 1. The Labute approximate surface area is 157 Å². The number of ketones is 1. The molecule has 5 heteroatoms. The molecule has 2 heterocycles. The number of ether oxygens (including phenoxy) is 2. The van der Waals surface area contributed by atoms with Crippen LogP contribution in [0.1, 0.15) is 24.5 Å². The Morgan fingerprint density at radius 3 is 2.85 bits per heavy atom. The van der Waals surface area contributed by atoms with Crippen molar-refractivity contribution in [1.29, 1.82) is 5.26 Å². The van der Waals surface area contributed by atoms with Gasteiger partial charge in [-0.3, -0.25) is 9.78 Å². The Hall–Kier alpha value is -3.39. The summed E-state index contributed by atoms with van der Waals surface area (Å²) in [5.74, 6) is 0.620. The second kappa shape index (κ2) is 7.08. The minimum absolute atomic E-state index is 0.125. The first kappa shape index (κ1) is 17.0. The fourth-order valence-corrected chi connectivity index (χ4v) is 3.44. The summed E-state index contributed by atoms with van der Waals surface area (Å²) in [4.78, 5) is 16.9. The van der Waals surface area contributed by atoms with Crippen LogP contribution in [0.2, 0.25) is 0 Å². The quantitative estimate of drug-likeness (QED) is 0.830. The largest absolute Gasteiger partial charge is 0.454 e. The molecule has 0 N–H and O–H groups in total. The first-order valence-electron chi connectivity index (χ1n) is 8.81. The van der Waals surface area contributed by atoms with Gasteiger partial charge in [-0.05, 0) is 65.8 Å². The van der Waals surface area contributed by atoms with Crippen molar-refractivity contribution in [2.24, 2.45) is 5.92 Å². The van der Waals surface area contributed by atoms with E-state index in [0.29, 0.717) is 12.0 Å². The Balaban J connectivity index is 1.61. The van der Waals surface area contributed by atoms with Gasteiger partial charge in [0.1, 0.15) is 5.92 Å². The molecule has 1 aliphatic carbocycles. The molecule has 2 aromatic rings. The number of hydrogen-bond donors (Lipinski definition) is 0. The number of nitriles is 1. The molecule has 4 rings (SSSR count). The lowest BCUT2D eigenvalue weighted by atomic mass is 9.79. The van der Waals surface area contributed by atoms with Crippen LogP contribution in [0.3, 0.4) is 0 Å². The Morgan fingerprint density at radius 1 is 1.22 bits per heavy atom. The predicted molar refractivity (Wildman–Crippen MR) is 99.9 cm³/mol. The monoisotopic (exact) mass is 358 g/mol. The van der Waals surface area contributed by atoms with Crippen molar-refractivity contribution < 1.29 is 14.3 Å². The van der Waals surface area contributed by atoms with Gasteiger partial charge < -0.3 is 9.47 Å². The van der Waals surface area contributed by atoms with E-state index in [9.17, 15) is 10.1 Å². The summed E-state index contributed by atoms with van der Waals surface area (Å²) in [7, 11) is 0. The number of rotatable bonds is 4. The highest BCUT2D eigenvalue weighted by Gasteiger charge is 2.30. The van der Waals surface area contributed by atoms with Crippen molar-refractivity contribution in [2.75, 3.05) is 6.79 Å². The third kappa shape index (κ3) is 3.22. The molecule has 5 nitrogen and oxygen atoms in total. The number of carbonyl (C=O) groups is 1. The van der Waals surface area contributed by atoms with Crippen LogP contribution in [-0.4, -0.2) is 17.6 Å². The molecule has 0 fully saturated rings. The van der Waals surface area contributed by atoms with E-state index in [4.69, 9.17) is 9.47 Å². The second-order valence-electron chi connectivity index (χ2n) is 6.61. The maximum atomic E-state index is 12.7. The van der Waals surface area contributed by atoms with Crippen LogP contribution in [0.25, 0.3) is 5.57 Å². The van der Waals surface area contributed by atoms with Crippen molar-refractivity contribution in [3.05, 3.63) is 71.1 Å². The van der Waals surface area contributed by atoms with E-state index in [1.807, 2.05) is 36.4 Å². The summed E-state index contributed by atoms with van der Waals surface area (Å²) in [6.07, 6.45) is 6.83. The lowest BCUT2D eigenvalue weighted by Crippen LogP contribution is -2.21. The molecule has 0 amide bonds. The molecule has 0 saturated carbocycles. The minimum Gasteiger partial charge on any atom is -0.454 e. The number of nitrogens with zero attached hydrogens (tertiary/aromatic N) is 2. The average molecular weight is 358 g/mol. The van der Waals surface area contributed by atoms with Crippen LogP contribution in [-0.2, 0) is 11.2 Å². The van der Waals surface area contributed by atoms with E-state index < -0.39 is 5.92 Å². The molecule has 0 bridgehead atoms. The molecule has 1 unspecified atom stereocenters. The van der Waals surface area contributed by atoms with Crippen molar-refractivity contribution in [3.8, 4) is 17.6 Å². The van der Waals surface area contributed by atoms with Gasteiger partial charge in [0.25, 0.3) is 0 Å². The van der Waals surface area contributed by atoms with Crippen LogP contribution in [0.4, 0.5) is 0 Å². The third-order valence-electron chi connectivity index (χ3n) is 5.00. The molecule has 2 aliphatic rings. The lowest BCUT2D eigenvalue weighted by Gasteiger charge is -2.21. The zero-order valence-electron chi connectivity index (χ0n) is 14.9. The zero-order chi connectivity index (χ0) is 18.8. The van der Waals surface area contributed by atoms with E-state index in [-0.39, 0.29) is 12.6 Å². The van der Waals surface area contributed by atoms with Crippen molar-refractivity contribution in [3.63, 3.8) is 0 Å². The van der Waals surface area contributed by atoms with Crippen LogP contribution in [0.5, 0.6) is 11.5 Å². The van der Waals surface area contributed by atoms with Crippen LogP contribution in [0, 0.1) is 17.2 Å². The highest BCUT2D eigenvalue weighted by molar-refractivity contribution is 6.09. The van der Waals surface area contributed by atoms with Crippen molar-refractivity contribution in [2.45, 2.75) is 19.8 Å². The SMILES string of the molecule is CC1=C(CCc2ccc3c(c2)OCO3)C=C(c2cccnc2)C(C#N)C1=O. The molecular formula is C22H18N2O3. The summed E-state index contributed by atoms with van der Waals surface area (Å²) in [6, 6.07) is 11.7. The number of hydrogen-bond acceptors (Lipinski definition) is 5. The highest BCUT2D eigenvalue weighted by Crippen LogP contribution is 2.36. The van der Waals surface area contributed by atoms with Gasteiger partial charge in [0.05, 0.1) is 6.07 Å². The normalized spacial score (nSPS) is 18.3. The number of fused-ring (bicyclic) bond motifs is 1. The molecule has 0 saturated heterocycles. The highest BCUT2D eigenvalue weighted by atomic mass is 16.7. The summed E-state index contributed by atoms with van der Waals surface area (Å²) in [6.45, 7) is 2.06. The van der Waals surface area contributed by atoms with Gasteiger partial charge in [-0.2, -0.15) is 5.26 Å². The van der Waals surface area contributed by atoms with E-state index >= 15 is 0 Å².